The van der Waals surface area contributed by atoms with Gasteiger partial charge in [0, 0.05) is 11.8 Å². The second kappa shape index (κ2) is 5.80. The van der Waals surface area contributed by atoms with Crippen molar-refractivity contribution in [3.63, 3.8) is 0 Å². The number of nitrogens with zero attached hydrogens (tertiary/aromatic N) is 1. The molecule has 1 heterocycles. The minimum Gasteiger partial charge on any atom is -0.340 e. The van der Waals surface area contributed by atoms with Crippen molar-refractivity contribution >= 4 is 22.8 Å². The fourth-order valence-corrected chi connectivity index (χ4v) is 2.05. The highest BCUT2D eigenvalue weighted by atomic mass is 19.1. The fourth-order valence-electron chi connectivity index (χ4n) is 2.05. The SMILES string of the molecule is O=C(NCc1nc2ccccc2[nH]1)Nc1cc(F)cc(F)c1. The van der Waals surface area contributed by atoms with E-state index in [0.717, 1.165) is 29.2 Å². The predicted octanol–water partition coefficient (Wildman–Crippen LogP) is 3.16. The number of carbonyl (C=O) groups excluding carboxylic acids is 1. The summed E-state index contributed by atoms with van der Waals surface area (Å²) in [4.78, 5) is 19.1. The number of H-pyrrole nitrogens is 1. The van der Waals surface area contributed by atoms with E-state index in [0.29, 0.717) is 5.82 Å². The van der Waals surface area contributed by atoms with Crippen molar-refractivity contribution in [3.05, 3.63) is 59.9 Å². The largest absolute Gasteiger partial charge is 0.340 e. The van der Waals surface area contributed by atoms with E-state index in [1.807, 2.05) is 24.3 Å². The number of para-hydroxylation sites is 2. The van der Waals surface area contributed by atoms with Crippen LogP contribution in [0.5, 0.6) is 0 Å². The van der Waals surface area contributed by atoms with Crippen LogP contribution in [0.25, 0.3) is 11.0 Å². The zero-order chi connectivity index (χ0) is 15.5. The molecule has 3 rings (SSSR count). The Morgan fingerprint density at radius 3 is 2.59 bits per heavy atom. The third-order valence-electron chi connectivity index (χ3n) is 2.98. The summed E-state index contributed by atoms with van der Waals surface area (Å²) < 4.78 is 26.0. The summed E-state index contributed by atoms with van der Waals surface area (Å²) in [5, 5.41) is 4.91. The molecule has 0 aliphatic rings. The van der Waals surface area contributed by atoms with Gasteiger partial charge in [-0.3, -0.25) is 0 Å². The van der Waals surface area contributed by atoms with Gasteiger partial charge in [-0.05, 0) is 24.3 Å². The quantitative estimate of drug-likeness (QED) is 0.695. The number of hydrogen-bond donors (Lipinski definition) is 3. The molecule has 0 spiro atoms. The molecule has 0 unspecified atom stereocenters. The number of carbonyl (C=O) groups is 1. The van der Waals surface area contributed by atoms with Crippen molar-refractivity contribution < 1.29 is 13.6 Å². The summed E-state index contributed by atoms with van der Waals surface area (Å²) in [5.41, 5.74) is 1.71. The zero-order valence-corrected chi connectivity index (χ0v) is 11.4. The number of aromatic nitrogens is 2. The van der Waals surface area contributed by atoms with E-state index >= 15 is 0 Å². The number of benzene rings is 2. The van der Waals surface area contributed by atoms with Gasteiger partial charge in [0.15, 0.2) is 0 Å². The first-order chi connectivity index (χ1) is 10.6. The van der Waals surface area contributed by atoms with Crippen LogP contribution in [0.2, 0.25) is 0 Å². The van der Waals surface area contributed by atoms with Crippen molar-refractivity contribution in [2.75, 3.05) is 5.32 Å². The standard InChI is InChI=1S/C15H12F2N4O/c16-9-5-10(17)7-11(6-9)19-15(22)18-8-14-20-12-3-1-2-4-13(12)21-14/h1-7H,8H2,(H,20,21)(H2,18,19,22). The van der Waals surface area contributed by atoms with E-state index < -0.39 is 17.7 Å². The Bertz CT molecular complexity index is 778. The highest BCUT2D eigenvalue weighted by Gasteiger charge is 2.07. The molecule has 0 saturated carbocycles. The molecule has 0 atom stereocenters. The monoisotopic (exact) mass is 302 g/mol. The van der Waals surface area contributed by atoms with Crippen molar-refractivity contribution in [1.29, 1.82) is 0 Å². The van der Waals surface area contributed by atoms with E-state index in [-0.39, 0.29) is 12.2 Å². The Labute approximate surface area is 124 Å². The summed E-state index contributed by atoms with van der Waals surface area (Å²) in [6.07, 6.45) is 0. The number of urea groups is 1. The van der Waals surface area contributed by atoms with Crippen molar-refractivity contribution in [2.45, 2.75) is 6.54 Å². The highest BCUT2D eigenvalue weighted by Crippen LogP contribution is 2.13. The Kier molecular flexibility index (Phi) is 3.69. The number of hydrogen-bond acceptors (Lipinski definition) is 2. The molecule has 22 heavy (non-hydrogen) atoms. The average molecular weight is 302 g/mol. The first kappa shape index (κ1) is 14.0. The molecule has 0 bridgehead atoms. The molecule has 3 aromatic rings. The molecule has 1 aromatic heterocycles. The van der Waals surface area contributed by atoms with Crippen molar-refractivity contribution in [3.8, 4) is 0 Å². The van der Waals surface area contributed by atoms with Crippen LogP contribution in [0.3, 0.4) is 0 Å². The smallest absolute Gasteiger partial charge is 0.319 e. The summed E-state index contributed by atoms with van der Waals surface area (Å²) >= 11 is 0. The molecule has 2 aromatic carbocycles. The number of imidazole rings is 1. The van der Waals surface area contributed by atoms with Crippen LogP contribution in [-0.2, 0) is 6.54 Å². The Hall–Kier alpha value is -2.96. The molecular formula is C15H12F2N4O. The highest BCUT2D eigenvalue weighted by molar-refractivity contribution is 5.89. The minimum absolute atomic E-state index is 0.0413. The molecule has 0 fully saturated rings. The van der Waals surface area contributed by atoms with Crippen LogP contribution < -0.4 is 10.6 Å². The van der Waals surface area contributed by atoms with Crippen LogP contribution in [0.15, 0.2) is 42.5 Å². The number of amides is 2. The van der Waals surface area contributed by atoms with Gasteiger partial charge < -0.3 is 15.6 Å². The topological polar surface area (TPSA) is 69.8 Å². The van der Waals surface area contributed by atoms with E-state index in [1.165, 1.54) is 0 Å². The number of fused-ring (bicyclic) bond motifs is 1. The maximum atomic E-state index is 13.0. The first-order valence-corrected chi connectivity index (χ1v) is 6.55. The van der Waals surface area contributed by atoms with E-state index in [2.05, 4.69) is 20.6 Å². The normalized spacial score (nSPS) is 10.6. The summed E-state index contributed by atoms with van der Waals surface area (Å²) in [5.74, 6) is -0.929. The molecule has 2 amide bonds. The van der Waals surface area contributed by atoms with Crippen LogP contribution >= 0.6 is 0 Å². The first-order valence-electron chi connectivity index (χ1n) is 6.55. The average Bonchev–Trinajstić information content (AvgIpc) is 2.87. The van der Waals surface area contributed by atoms with Gasteiger partial charge in [0.2, 0.25) is 0 Å². The number of aromatic amines is 1. The molecule has 112 valence electrons. The second-order valence-corrected chi connectivity index (χ2v) is 4.67. The van der Waals surface area contributed by atoms with E-state index in [9.17, 15) is 13.6 Å². The van der Waals surface area contributed by atoms with Crippen molar-refractivity contribution in [1.82, 2.24) is 15.3 Å². The molecule has 7 heteroatoms. The third-order valence-corrected chi connectivity index (χ3v) is 2.98. The van der Waals surface area contributed by atoms with Crippen LogP contribution in [0.4, 0.5) is 19.3 Å². The lowest BCUT2D eigenvalue weighted by Gasteiger charge is -2.06. The lowest BCUT2D eigenvalue weighted by molar-refractivity contribution is 0.251. The van der Waals surface area contributed by atoms with Gasteiger partial charge >= 0.3 is 6.03 Å². The lowest BCUT2D eigenvalue weighted by Crippen LogP contribution is -2.28. The lowest BCUT2D eigenvalue weighted by atomic mass is 10.3. The van der Waals surface area contributed by atoms with Gasteiger partial charge in [0.1, 0.15) is 17.5 Å². The molecule has 0 radical (unpaired) electrons. The van der Waals surface area contributed by atoms with E-state index in [1.54, 1.807) is 0 Å². The molecule has 0 aliphatic carbocycles. The van der Waals surface area contributed by atoms with Gasteiger partial charge in [0.05, 0.1) is 17.6 Å². The molecule has 0 aliphatic heterocycles. The van der Waals surface area contributed by atoms with Crippen LogP contribution in [0.1, 0.15) is 5.82 Å². The molecule has 3 N–H and O–H groups in total. The Morgan fingerprint density at radius 2 is 1.86 bits per heavy atom. The number of halogens is 2. The maximum absolute atomic E-state index is 13.0. The van der Waals surface area contributed by atoms with Gasteiger partial charge in [-0.15, -0.1) is 0 Å². The zero-order valence-electron chi connectivity index (χ0n) is 11.4. The molecular weight excluding hydrogens is 290 g/mol. The fraction of sp³-hybridized carbons (Fsp3) is 0.0667. The second-order valence-electron chi connectivity index (χ2n) is 4.67. The number of anilines is 1. The molecule has 5 nitrogen and oxygen atoms in total. The van der Waals surface area contributed by atoms with Gasteiger partial charge in [-0.1, -0.05) is 12.1 Å². The maximum Gasteiger partial charge on any atom is 0.319 e. The van der Waals surface area contributed by atoms with E-state index in [4.69, 9.17) is 0 Å². The van der Waals surface area contributed by atoms with Crippen LogP contribution in [0, 0.1) is 11.6 Å². The predicted molar refractivity (Wildman–Crippen MR) is 78.3 cm³/mol. The number of nitrogens with one attached hydrogen (secondary N) is 3. The van der Waals surface area contributed by atoms with Gasteiger partial charge in [-0.2, -0.15) is 0 Å². The van der Waals surface area contributed by atoms with Crippen molar-refractivity contribution in [2.24, 2.45) is 0 Å². The summed E-state index contributed by atoms with van der Waals surface area (Å²) in [6, 6.07) is 9.69. The van der Waals surface area contributed by atoms with Gasteiger partial charge in [-0.25, -0.2) is 18.6 Å². The summed E-state index contributed by atoms with van der Waals surface area (Å²) in [7, 11) is 0. The van der Waals surface area contributed by atoms with Gasteiger partial charge in [0.25, 0.3) is 0 Å². The summed E-state index contributed by atoms with van der Waals surface area (Å²) in [6.45, 7) is 0.165. The Balaban J connectivity index is 1.62. The number of rotatable bonds is 3. The third kappa shape index (κ3) is 3.20. The molecule has 0 saturated heterocycles. The Morgan fingerprint density at radius 1 is 1.14 bits per heavy atom. The minimum atomic E-state index is -0.757. The van der Waals surface area contributed by atoms with Crippen LogP contribution in [-0.4, -0.2) is 16.0 Å².